The number of hydrogen-bond donors (Lipinski definition) is 3. The number of β-amino-alcohol motifs (C(OH)–C–C–N with tert-alkyl or cyclic N) is 2. The summed E-state index contributed by atoms with van der Waals surface area (Å²) in [4.78, 5) is 13.6. The summed E-state index contributed by atoms with van der Waals surface area (Å²) in [5.41, 5.74) is 7.25. The monoisotopic (exact) mass is 266 g/mol. The van der Waals surface area contributed by atoms with Gasteiger partial charge in [0.2, 0.25) is 0 Å². The van der Waals surface area contributed by atoms with Crippen molar-refractivity contribution in [1.82, 2.24) is 4.90 Å². The maximum Gasteiger partial charge on any atom is 0.340 e. The quantitative estimate of drug-likeness (QED) is 0.508. The van der Waals surface area contributed by atoms with Crippen molar-refractivity contribution in [3.05, 3.63) is 29.3 Å². The number of benzene rings is 1. The molecule has 6 heteroatoms. The second-order valence-electron chi connectivity index (χ2n) is 4.70. The zero-order chi connectivity index (χ0) is 14.0. The van der Waals surface area contributed by atoms with Gasteiger partial charge >= 0.3 is 5.97 Å². The smallest absolute Gasteiger partial charge is 0.340 e. The molecule has 0 aliphatic carbocycles. The van der Waals surface area contributed by atoms with Gasteiger partial charge in [-0.05, 0) is 11.6 Å². The van der Waals surface area contributed by atoms with E-state index in [0.717, 1.165) is 5.56 Å². The molecule has 0 bridgehead atoms. The molecule has 1 heterocycles. The van der Waals surface area contributed by atoms with Crippen molar-refractivity contribution >= 4 is 11.7 Å². The van der Waals surface area contributed by atoms with Crippen LogP contribution in [0.4, 0.5) is 5.69 Å². The van der Waals surface area contributed by atoms with Gasteiger partial charge in [-0.1, -0.05) is 12.1 Å². The Morgan fingerprint density at radius 2 is 2.05 bits per heavy atom. The molecule has 1 aromatic rings. The van der Waals surface area contributed by atoms with E-state index in [1.165, 1.54) is 7.11 Å². The van der Waals surface area contributed by atoms with Gasteiger partial charge in [-0.3, -0.25) is 4.90 Å². The summed E-state index contributed by atoms with van der Waals surface area (Å²) >= 11 is 0. The number of anilines is 1. The molecule has 1 aliphatic heterocycles. The number of nitrogen functional groups attached to an aromatic ring is 1. The minimum absolute atomic E-state index is 0.348. The summed E-state index contributed by atoms with van der Waals surface area (Å²) < 4.78 is 4.73. The first kappa shape index (κ1) is 13.8. The molecule has 19 heavy (non-hydrogen) atoms. The first-order valence-corrected chi connectivity index (χ1v) is 6.07. The van der Waals surface area contributed by atoms with Gasteiger partial charge < -0.3 is 20.7 Å². The molecule has 0 saturated carbocycles. The number of ether oxygens (including phenoxy) is 1. The lowest BCUT2D eigenvalue weighted by Gasteiger charge is -2.17. The van der Waals surface area contributed by atoms with Gasteiger partial charge in [0.15, 0.2) is 0 Å². The molecule has 0 spiro atoms. The molecule has 0 radical (unpaired) electrons. The minimum atomic E-state index is -0.748. The van der Waals surface area contributed by atoms with Crippen LogP contribution in [0.2, 0.25) is 0 Å². The topological polar surface area (TPSA) is 96.0 Å². The van der Waals surface area contributed by atoms with Gasteiger partial charge in [0.05, 0.1) is 24.9 Å². The summed E-state index contributed by atoms with van der Waals surface area (Å²) in [5, 5.41) is 19.0. The minimum Gasteiger partial charge on any atom is -0.465 e. The zero-order valence-corrected chi connectivity index (χ0v) is 10.7. The molecule has 0 aromatic heterocycles. The van der Waals surface area contributed by atoms with E-state index in [4.69, 9.17) is 10.5 Å². The van der Waals surface area contributed by atoms with Crippen LogP contribution in [0.5, 0.6) is 0 Å². The fraction of sp³-hybridized carbons (Fsp3) is 0.462. The molecular weight excluding hydrogens is 248 g/mol. The number of carbonyl (C=O) groups is 1. The molecule has 2 rings (SSSR count). The van der Waals surface area contributed by atoms with E-state index in [9.17, 15) is 15.0 Å². The van der Waals surface area contributed by atoms with Crippen LogP contribution >= 0.6 is 0 Å². The van der Waals surface area contributed by atoms with Crippen molar-refractivity contribution in [2.45, 2.75) is 18.8 Å². The average Bonchev–Trinajstić information content (AvgIpc) is 2.67. The third-order valence-corrected chi connectivity index (χ3v) is 3.30. The molecule has 1 aromatic carbocycles. The van der Waals surface area contributed by atoms with Crippen molar-refractivity contribution in [3.8, 4) is 0 Å². The SMILES string of the molecule is COC(=O)c1c(N)cccc1CN1CC(O)C(O)C1. The molecule has 0 amide bonds. The highest BCUT2D eigenvalue weighted by Crippen LogP contribution is 2.22. The predicted molar refractivity (Wildman–Crippen MR) is 69.5 cm³/mol. The third kappa shape index (κ3) is 2.86. The molecule has 1 aliphatic rings. The van der Waals surface area contributed by atoms with Gasteiger partial charge in [-0.25, -0.2) is 4.79 Å². The van der Waals surface area contributed by atoms with E-state index in [1.54, 1.807) is 18.2 Å². The molecular formula is C13H18N2O4. The van der Waals surface area contributed by atoms with Gasteiger partial charge in [0.1, 0.15) is 0 Å². The largest absolute Gasteiger partial charge is 0.465 e. The van der Waals surface area contributed by atoms with Crippen molar-refractivity contribution < 1.29 is 19.7 Å². The molecule has 6 nitrogen and oxygen atoms in total. The van der Waals surface area contributed by atoms with Crippen molar-refractivity contribution in [3.63, 3.8) is 0 Å². The Hall–Kier alpha value is -1.63. The molecule has 104 valence electrons. The van der Waals surface area contributed by atoms with Crippen LogP contribution in [0.25, 0.3) is 0 Å². The zero-order valence-electron chi connectivity index (χ0n) is 10.7. The van der Waals surface area contributed by atoms with E-state index in [-0.39, 0.29) is 0 Å². The summed E-state index contributed by atoms with van der Waals surface area (Å²) in [6.45, 7) is 1.18. The fourth-order valence-electron chi connectivity index (χ4n) is 2.32. The average molecular weight is 266 g/mol. The summed E-state index contributed by atoms with van der Waals surface area (Å²) in [6.07, 6.45) is -1.50. The van der Waals surface area contributed by atoms with Crippen LogP contribution in [-0.4, -0.2) is 53.5 Å². The molecule has 1 saturated heterocycles. The Morgan fingerprint density at radius 3 is 2.63 bits per heavy atom. The predicted octanol–water partition coefficient (Wildman–Crippen LogP) is -0.407. The van der Waals surface area contributed by atoms with E-state index >= 15 is 0 Å². The summed E-state index contributed by atoms with van der Waals surface area (Å²) in [5.74, 6) is -0.478. The maximum absolute atomic E-state index is 11.7. The van der Waals surface area contributed by atoms with Crippen LogP contribution in [0, 0.1) is 0 Å². The first-order valence-electron chi connectivity index (χ1n) is 6.07. The fourth-order valence-corrected chi connectivity index (χ4v) is 2.32. The number of likely N-dealkylation sites (tertiary alicyclic amines) is 1. The van der Waals surface area contributed by atoms with Crippen LogP contribution in [-0.2, 0) is 11.3 Å². The first-order chi connectivity index (χ1) is 9.02. The summed E-state index contributed by atoms with van der Waals surface area (Å²) in [7, 11) is 1.31. The highest BCUT2D eigenvalue weighted by molar-refractivity contribution is 5.96. The number of nitrogens with two attached hydrogens (primary N) is 1. The van der Waals surface area contributed by atoms with E-state index in [1.807, 2.05) is 4.90 Å². The Morgan fingerprint density at radius 1 is 1.42 bits per heavy atom. The van der Waals surface area contributed by atoms with Crippen LogP contribution < -0.4 is 5.73 Å². The second kappa shape index (κ2) is 5.56. The number of carbonyl (C=O) groups excluding carboxylic acids is 1. The number of hydrogen-bond acceptors (Lipinski definition) is 6. The maximum atomic E-state index is 11.7. The van der Waals surface area contributed by atoms with E-state index in [0.29, 0.717) is 30.9 Å². The number of nitrogens with zero attached hydrogens (tertiary/aromatic N) is 1. The Balaban J connectivity index is 2.21. The number of aliphatic hydroxyl groups is 2. The van der Waals surface area contributed by atoms with Crippen molar-refractivity contribution in [1.29, 1.82) is 0 Å². The number of esters is 1. The van der Waals surface area contributed by atoms with Crippen LogP contribution in [0.3, 0.4) is 0 Å². The Bertz CT molecular complexity index is 468. The summed E-state index contributed by atoms with van der Waals surface area (Å²) in [6, 6.07) is 5.20. The highest BCUT2D eigenvalue weighted by Gasteiger charge is 2.30. The molecule has 2 atom stereocenters. The van der Waals surface area contributed by atoms with Crippen molar-refractivity contribution in [2.24, 2.45) is 0 Å². The lowest BCUT2D eigenvalue weighted by Crippen LogP contribution is -2.23. The van der Waals surface area contributed by atoms with E-state index < -0.39 is 18.2 Å². The third-order valence-electron chi connectivity index (χ3n) is 3.30. The number of rotatable bonds is 3. The Kier molecular flexibility index (Phi) is 4.04. The number of aliphatic hydroxyl groups excluding tert-OH is 2. The highest BCUT2D eigenvalue weighted by atomic mass is 16.5. The van der Waals surface area contributed by atoms with Gasteiger partial charge in [-0.15, -0.1) is 0 Å². The van der Waals surface area contributed by atoms with Gasteiger partial charge in [-0.2, -0.15) is 0 Å². The lowest BCUT2D eigenvalue weighted by molar-refractivity contribution is 0.0572. The lowest BCUT2D eigenvalue weighted by atomic mass is 10.1. The normalized spacial score (nSPS) is 23.5. The standard InChI is InChI=1S/C13H18N2O4/c1-19-13(18)12-8(3-2-4-9(12)14)5-15-6-10(16)11(17)7-15/h2-4,10-11,16-17H,5-7,14H2,1H3. The Labute approximate surface area is 111 Å². The van der Waals surface area contributed by atoms with Crippen molar-refractivity contribution in [2.75, 3.05) is 25.9 Å². The second-order valence-corrected chi connectivity index (χ2v) is 4.70. The van der Waals surface area contributed by atoms with Gasteiger partial charge in [0.25, 0.3) is 0 Å². The molecule has 4 N–H and O–H groups in total. The molecule has 1 fully saturated rings. The van der Waals surface area contributed by atoms with Crippen LogP contribution in [0.1, 0.15) is 15.9 Å². The van der Waals surface area contributed by atoms with Crippen LogP contribution in [0.15, 0.2) is 18.2 Å². The van der Waals surface area contributed by atoms with E-state index in [2.05, 4.69) is 0 Å². The number of methoxy groups -OCH3 is 1. The molecule has 2 unspecified atom stereocenters. The van der Waals surface area contributed by atoms with Gasteiger partial charge in [0, 0.05) is 25.3 Å².